The molecule has 262 valence electrons. The molecule has 0 atom stereocenters. The average Bonchev–Trinajstić information content (AvgIpc) is 3.79. The largest absolute Gasteiger partial charge is 0.309 e. The molecule has 0 N–H and O–H groups in total. The predicted molar refractivity (Wildman–Crippen MR) is 230 cm³/mol. The van der Waals surface area contributed by atoms with E-state index in [9.17, 15) is 0 Å². The van der Waals surface area contributed by atoms with Gasteiger partial charge in [0, 0.05) is 49.6 Å². The Balaban J connectivity index is 1.08. The first kappa shape index (κ1) is 31.9. The van der Waals surface area contributed by atoms with Crippen LogP contribution in [0.15, 0.2) is 200 Å². The molecule has 0 unspecified atom stereocenters. The van der Waals surface area contributed by atoms with Crippen LogP contribution in [0.2, 0.25) is 0 Å². The molecule has 0 fully saturated rings. The zero-order chi connectivity index (χ0) is 37.0. The highest BCUT2D eigenvalue weighted by Crippen LogP contribution is 2.38. The summed E-state index contributed by atoms with van der Waals surface area (Å²) in [6.45, 7) is 0. The van der Waals surface area contributed by atoms with E-state index >= 15 is 0 Å². The molecule has 0 radical (unpaired) electrons. The molecule has 11 rings (SSSR count). The minimum absolute atomic E-state index is 0.628. The Morgan fingerprint density at radius 2 is 0.643 bits per heavy atom. The third-order valence-electron chi connectivity index (χ3n) is 10.8. The molecule has 8 aromatic carbocycles. The van der Waals surface area contributed by atoms with Crippen LogP contribution >= 0.6 is 0 Å². The molecule has 0 saturated heterocycles. The second-order valence-corrected chi connectivity index (χ2v) is 14.1. The van der Waals surface area contributed by atoms with Crippen molar-refractivity contribution in [3.05, 3.63) is 200 Å². The minimum atomic E-state index is 0.628. The normalized spacial score (nSPS) is 11.6. The van der Waals surface area contributed by atoms with Gasteiger partial charge >= 0.3 is 0 Å². The van der Waals surface area contributed by atoms with Crippen LogP contribution < -0.4 is 0 Å². The summed E-state index contributed by atoms with van der Waals surface area (Å²) in [5, 5.41) is 4.90. The van der Waals surface area contributed by atoms with E-state index in [0.717, 1.165) is 50.2 Å². The smallest absolute Gasteiger partial charge is 0.164 e. The standard InChI is InChI=1S/C51H33N5/c1-4-15-34(16-5-1)49-52-50(35-17-6-2-7-18-35)54-51(53-49)38-19-14-22-40(31-38)56-46-26-13-11-24-42(46)44-30-28-37(33-48(44)56)36-27-29-43-41-23-10-12-25-45(41)55(47(43)32-36)39-20-8-3-9-21-39/h1-33H. The second-order valence-electron chi connectivity index (χ2n) is 14.1. The van der Waals surface area contributed by atoms with Crippen LogP contribution in [0.1, 0.15) is 0 Å². The molecule has 0 amide bonds. The van der Waals surface area contributed by atoms with Crippen LogP contribution in [0, 0.1) is 0 Å². The number of nitrogens with zero attached hydrogens (tertiary/aromatic N) is 5. The maximum Gasteiger partial charge on any atom is 0.164 e. The fourth-order valence-electron chi connectivity index (χ4n) is 8.16. The summed E-state index contributed by atoms with van der Waals surface area (Å²) in [6, 6.07) is 70.5. The monoisotopic (exact) mass is 715 g/mol. The van der Waals surface area contributed by atoms with Gasteiger partial charge in [-0.05, 0) is 59.7 Å². The van der Waals surface area contributed by atoms with Crippen LogP contribution in [-0.2, 0) is 0 Å². The molecule has 3 heterocycles. The molecule has 5 nitrogen and oxygen atoms in total. The van der Waals surface area contributed by atoms with Crippen molar-refractivity contribution in [3.8, 4) is 56.7 Å². The first-order valence-corrected chi connectivity index (χ1v) is 18.9. The van der Waals surface area contributed by atoms with Crippen LogP contribution in [0.5, 0.6) is 0 Å². The SMILES string of the molecule is c1ccc(-c2nc(-c3ccccc3)nc(-c3cccc(-n4c5ccccc5c5ccc(-c6ccc7c8ccccc8n(-c8ccccc8)c7c6)cc54)c3)n2)cc1. The predicted octanol–water partition coefficient (Wildman–Crippen LogP) is 12.7. The fourth-order valence-corrected chi connectivity index (χ4v) is 8.16. The van der Waals surface area contributed by atoms with Crippen molar-refractivity contribution >= 4 is 43.6 Å². The van der Waals surface area contributed by atoms with E-state index in [1.165, 1.54) is 32.6 Å². The van der Waals surface area contributed by atoms with Crippen LogP contribution in [0.25, 0.3) is 100 Å². The summed E-state index contributed by atoms with van der Waals surface area (Å²) >= 11 is 0. The molecule has 0 aliphatic heterocycles. The van der Waals surface area contributed by atoms with Gasteiger partial charge in [0.05, 0.1) is 22.1 Å². The van der Waals surface area contributed by atoms with E-state index in [1.54, 1.807) is 0 Å². The number of para-hydroxylation sites is 3. The van der Waals surface area contributed by atoms with E-state index in [-0.39, 0.29) is 0 Å². The molecule has 0 saturated carbocycles. The second kappa shape index (κ2) is 13.0. The highest BCUT2D eigenvalue weighted by Gasteiger charge is 2.18. The van der Waals surface area contributed by atoms with Gasteiger partial charge in [0.2, 0.25) is 0 Å². The quantitative estimate of drug-likeness (QED) is 0.172. The number of fused-ring (bicyclic) bond motifs is 6. The Morgan fingerprint density at radius 3 is 1.18 bits per heavy atom. The molecule has 3 aromatic heterocycles. The van der Waals surface area contributed by atoms with Crippen molar-refractivity contribution in [2.75, 3.05) is 0 Å². The molecule has 0 spiro atoms. The molecular formula is C51H33N5. The Kier molecular flexibility index (Phi) is 7.42. The summed E-state index contributed by atoms with van der Waals surface area (Å²) in [5.74, 6) is 1.91. The third-order valence-corrected chi connectivity index (χ3v) is 10.8. The fraction of sp³-hybridized carbons (Fsp3) is 0. The van der Waals surface area contributed by atoms with Gasteiger partial charge in [-0.2, -0.15) is 0 Å². The molecule has 0 aliphatic carbocycles. The number of aromatic nitrogens is 5. The lowest BCUT2D eigenvalue weighted by Gasteiger charge is -2.12. The number of benzene rings is 8. The zero-order valence-corrected chi connectivity index (χ0v) is 30.3. The topological polar surface area (TPSA) is 48.5 Å². The van der Waals surface area contributed by atoms with Gasteiger partial charge in [-0.25, -0.2) is 15.0 Å². The van der Waals surface area contributed by atoms with Gasteiger partial charge in [0.25, 0.3) is 0 Å². The van der Waals surface area contributed by atoms with Crippen molar-refractivity contribution in [2.24, 2.45) is 0 Å². The summed E-state index contributed by atoms with van der Waals surface area (Å²) in [6.07, 6.45) is 0. The van der Waals surface area contributed by atoms with Gasteiger partial charge in [0.1, 0.15) is 0 Å². The summed E-state index contributed by atoms with van der Waals surface area (Å²) in [5.41, 5.74) is 12.0. The Morgan fingerprint density at radius 1 is 0.250 bits per heavy atom. The van der Waals surface area contributed by atoms with Crippen LogP contribution in [0.3, 0.4) is 0 Å². The Bertz CT molecular complexity index is 3180. The Labute approximate surface area is 323 Å². The van der Waals surface area contributed by atoms with E-state index < -0.39 is 0 Å². The zero-order valence-electron chi connectivity index (χ0n) is 30.3. The highest BCUT2D eigenvalue weighted by atomic mass is 15.0. The van der Waals surface area contributed by atoms with Crippen molar-refractivity contribution in [1.29, 1.82) is 0 Å². The maximum atomic E-state index is 5.04. The van der Waals surface area contributed by atoms with Gasteiger partial charge in [0.15, 0.2) is 17.5 Å². The molecule has 0 bridgehead atoms. The van der Waals surface area contributed by atoms with E-state index in [1.807, 2.05) is 60.7 Å². The highest BCUT2D eigenvalue weighted by molar-refractivity contribution is 6.12. The van der Waals surface area contributed by atoms with E-state index in [2.05, 4.69) is 149 Å². The number of hydrogen-bond donors (Lipinski definition) is 0. The maximum absolute atomic E-state index is 5.04. The lowest BCUT2D eigenvalue weighted by atomic mass is 10.0. The van der Waals surface area contributed by atoms with Gasteiger partial charge < -0.3 is 9.13 Å². The van der Waals surface area contributed by atoms with Crippen molar-refractivity contribution in [3.63, 3.8) is 0 Å². The molecule has 5 heteroatoms. The Hall–Kier alpha value is -7.63. The van der Waals surface area contributed by atoms with Crippen LogP contribution in [-0.4, -0.2) is 24.1 Å². The van der Waals surface area contributed by atoms with Gasteiger partial charge in [-0.1, -0.05) is 152 Å². The van der Waals surface area contributed by atoms with Crippen LogP contribution in [0.4, 0.5) is 0 Å². The van der Waals surface area contributed by atoms with E-state index in [4.69, 9.17) is 15.0 Å². The molecular weight excluding hydrogens is 683 g/mol. The molecule has 56 heavy (non-hydrogen) atoms. The van der Waals surface area contributed by atoms with Crippen molar-refractivity contribution in [2.45, 2.75) is 0 Å². The third kappa shape index (κ3) is 5.29. The van der Waals surface area contributed by atoms with E-state index in [0.29, 0.717) is 17.5 Å². The summed E-state index contributed by atoms with van der Waals surface area (Å²) in [7, 11) is 0. The molecule has 0 aliphatic rings. The first-order valence-electron chi connectivity index (χ1n) is 18.9. The summed E-state index contributed by atoms with van der Waals surface area (Å²) in [4.78, 5) is 15.0. The molecule has 11 aromatic rings. The first-order chi connectivity index (χ1) is 27.8. The number of hydrogen-bond acceptors (Lipinski definition) is 3. The van der Waals surface area contributed by atoms with Gasteiger partial charge in [-0.15, -0.1) is 0 Å². The van der Waals surface area contributed by atoms with Crippen molar-refractivity contribution in [1.82, 2.24) is 24.1 Å². The summed E-state index contributed by atoms with van der Waals surface area (Å²) < 4.78 is 4.75. The lowest BCUT2D eigenvalue weighted by molar-refractivity contribution is 1.07. The minimum Gasteiger partial charge on any atom is -0.309 e. The van der Waals surface area contributed by atoms with Crippen molar-refractivity contribution < 1.29 is 0 Å². The average molecular weight is 716 g/mol. The lowest BCUT2D eigenvalue weighted by Crippen LogP contribution is -2.01. The van der Waals surface area contributed by atoms with Gasteiger partial charge in [-0.3, -0.25) is 0 Å². The number of rotatable bonds is 6.